The number of hydrogen-bond donors (Lipinski definition) is 2. The number of amides is 1. The summed E-state index contributed by atoms with van der Waals surface area (Å²) in [6.45, 7) is 0.383. The van der Waals surface area contributed by atoms with Crippen molar-refractivity contribution in [3.8, 4) is 0 Å². The molecule has 2 aromatic rings. The lowest BCUT2D eigenvalue weighted by molar-refractivity contribution is 0.0945. The summed E-state index contributed by atoms with van der Waals surface area (Å²) in [4.78, 5) is 12.4. The third-order valence-electron chi connectivity index (χ3n) is 2.15. The highest BCUT2D eigenvalue weighted by Gasteiger charge is 2.08. The predicted molar refractivity (Wildman–Crippen MR) is 63.6 cm³/mol. The van der Waals surface area contributed by atoms with Gasteiger partial charge in [-0.1, -0.05) is 12.1 Å². The van der Waals surface area contributed by atoms with Crippen LogP contribution in [-0.2, 0) is 6.54 Å². The molecule has 1 N–H and O–H groups in total. The van der Waals surface area contributed by atoms with E-state index in [0.717, 1.165) is 5.76 Å². The van der Waals surface area contributed by atoms with Crippen molar-refractivity contribution in [2.45, 2.75) is 11.4 Å². The Morgan fingerprint density at radius 2 is 2.06 bits per heavy atom. The van der Waals surface area contributed by atoms with Crippen molar-refractivity contribution in [2.24, 2.45) is 0 Å². The standard InChI is InChI=1S/C12H11NO2S/c14-12(10-5-1-2-6-11(10)16)13-8-9-4-3-7-15-9/h1-7,16H,8H2,(H,13,14). The van der Waals surface area contributed by atoms with Gasteiger partial charge in [0.05, 0.1) is 18.4 Å². The van der Waals surface area contributed by atoms with E-state index in [0.29, 0.717) is 17.0 Å². The number of benzene rings is 1. The van der Waals surface area contributed by atoms with Gasteiger partial charge < -0.3 is 9.73 Å². The average molecular weight is 233 g/mol. The van der Waals surface area contributed by atoms with Gasteiger partial charge in [-0.25, -0.2) is 0 Å². The summed E-state index contributed by atoms with van der Waals surface area (Å²) in [5, 5.41) is 2.76. The number of rotatable bonds is 3. The first kappa shape index (κ1) is 10.8. The van der Waals surface area contributed by atoms with Crippen molar-refractivity contribution in [1.29, 1.82) is 0 Å². The Labute approximate surface area is 98.9 Å². The van der Waals surface area contributed by atoms with E-state index in [1.807, 2.05) is 18.2 Å². The zero-order valence-electron chi connectivity index (χ0n) is 8.51. The molecule has 0 fully saturated rings. The van der Waals surface area contributed by atoms with E-state index in [2.05, 4.69) is 17.9 Å². The molecule has 16 heavy (non-hydrogen) atoms. The van der Waals surface area contributed by atoms with E-state index >= 15 is 0 Å². The normalized spacial score (nSPS) is 10.1. The smallest absolute Gasteiger partial charge is 0.252 e. The van der Waals surface area contributed by atoms with Crippen LogP contribution in [0.4, 0.5) is 0 Å². The summed E-state index contributed by atoms with van der Waals surface area (Å²) < 4.78 is 5.12. The van der Waals surface area contributed by atoms with E-state index < -0.39 is 0 Å². The summed E-state index contributed by atoms with van der Waals surface area (Å²) in [6, 6.07) is 10.8. The number of thiol groups is 1. The number of carbonyl (C=O) groups excluding carboxylic acids is 1. The van der Waals surface area contributed by atoms with Crippen molar-refractivity contribution < 1.29 is 9.21 Å². The number of carbonyl (C=O) groups is 1. The molecule has 0 saturated carbocycles. The van der Waals surface area contributed by atoms with Crippen molar-refractivity contribution in [3.05, 3.63) is 54.0 Å². The van der Waals surface area contributed by atoms with Crippen LogP contribution in [0.1, 0.15) is 16.1 Å². The molecule has 2 rings (SSSR count). The predicted octanol–water partition coefficient (Wildman–Crippen LogP) is 2.50. The highest BCUT2D eigenvalue weighted by atomic mass is 32.1. The lowest BCUT2D eigenvalue weighted by Crippen LogP contribution is -2.22. The van der Waals surface area contributed by atoms with Crippen molar-refractivity contribution in [2.75, 3.05) is 0 Å². The Morgan fingerprint density at radius 1 is 1.25 bits per heavy atom. The second-order valence-electron chi connectivity index (χ2n) is 3.28. The zero-order valence-corrected chi connectivity index (χ0v) is 9.41. The molecule has 0 atom stereocenters. The first-order valence-electron chi connectivity index (χ1n) is 4.86. The maximum Gasteiger partial charge on any atom is 0.252 e. The van der Waals surface area contributed by atoms with Gasteiger partial charge in [-0.2, -0.15) is 0 Å². The fourth-order valence-corrected chi connectivity index (χ4v) is 1.60. The summed E-state index contributed by atoms with van der Waals surface area (Å²) in [7, 11) is 0. The fraction of sp³-hybridized carbons (Fsp3) is 0.0833. The van der Waals surface area contributed by atoms with Crippen molar-refractivity contribution >= 4 is 18.5 Å². The fourth-order valence-electron chi connectivity index (χ4n) is 1.34. The third kappa shape index (κ3) is 2.46. The van der Waals surface area contributed by atoms with Crippen LogP contribution in [0.2, 0.25) is 0 Å². The minimum absolute atomic E-state index is 0.151. The SMILES string of the molecule is O=C(NCc1ccco1)c1ccccc1S. The molecule has 0 radical (unpaired) electrons. The Bertz CT molecular complexity index is 480. The van der Waals surface area contributed by atoms with Crippen LogP contribution in [0, 0.1) is 0 Å². The van der Waals surface area contributed by atoms with Crippen molar-refractivity contribution in [3.63, 3.8) is 0 Å². The highest BCUT2D eigenvalue weighted by Crippen LogP contribution is 2.12. The van der Waals surface area contributed by atoms with Crippen LogP contribution in [0.3, 0.4) is 0 Å². The maximum absolute atomic E-state index is 11.8. The molecule has 0 bridgehead atoms. The van der Waals surface area contributed by atoms with Gasteiger partial charge in [0.25, 0.3) is 5.91 Å². The van der Waals surface area contributed by atoms with Crippen LogP contribution < -0.4 is 5.32 Å². The van der Waals surface area contributed by atoms with Crippen LogP contribution in [0.15, 0.2) is 52.0 Å². The molecule has 1 heterocycles. The van der Waals surface area contributed by atoms with E-state index in [1.165, 1.54) is 0 Å². The minimum atomic E-state index is -0.151. The Hall–Kier alpha value is -1.68. The lowest BCUT2D eigenvalue weighted by atomic mass is 10.2. The van der Waals surface area contributed by atoms with Crippen LogP contribution in [0.5, 0.6) is 0 Å². The van der Waals surface area contributed by atoms with Crippen LogP contribution in [-0.4, -0.2) is 5.91 Å². The first-order valence-corrected chi connectivity index (χ1v) is 5.30. The monoisotopic (exact) mass is 233 g/mol. The second kappa shape index (κ2) is 4.90. The summed E-state index contributed by atoms with van der Waals surface area (Å²) in [6.07, 6.45) is 1.58. The first-order chi connectivity index (χ1) is 7.77. The summed E-state index contributed by atoms with van der Waals surface area (Å²) in [5.74, 6) is 0.576. The molecule has 3 nitrogen and oxygen atoms in total. The largest absolute Gasteiger partial charge is 0.467 e. The molecule has 82 valence electrons. The van der Waals surface area contributed by atoms with Gasteiger partial charge in [0.15, 0.2) is 0 Å². The minimum Gasteiger partial charge on any atom is -0.467 e. The van der Waals surface area contributed by atoms with Crippen LogP contribution in [0.25, 0.3) is 0 Å². The number of nitrogens with one attached hydrogen (secondary N) is 1. The molecule has 4 heteroatoms. The molecule has 0 unspecified atom stereocenters. The van der Waals surface area contributed by atoms with Gasteiger partial charge in [-0.05, 0) is 24.3 Å². The molecule has 1 aromatic carbocycles. The van der Waals surface area contributed by atoms with Gasteiger partial charge in [-0.15, -0.1) is 12.6 Å². The van der Waals surface area contributed by atoms with E-state index in [9.17, 15) is 4.79 Å². The second-order valence-corrected chi connectivity index (χ2v) is 3.76. The molecule has 0 aliphatic carbocycles. The van der Waals surface area contributed by atoms with Crippen LogP contribution >= 0.6 is 12.6 Å². The maximum atomic E-state index is 11.8. The van der Waals surface area contributed by atoms with Gasteiger partial charge in [-0.3, -0.25) is 4.79 Å². The highest BCUT2D eigenvalue weighted by molar-refractivity contribution is 7.80. The average Bonchev–Trinajstić information content (AvgIpc) is 2.79. The number of furan rings is 1. The van der Waals surface area contributed by atoms with E-state index in [4.69, 9.17) is 4.42 Å². The van der Waals surface area contributed by atoms with E-state index in [-0.39, 0.29) is 5.91 Å². The Morgan fingerprint density at radius 3 is 2.75 bits per heavy atom. The molecule has 0 aliphatic heterocycles. The lowest BCUT2D eigenvalue weighted by Gasteiger charge is -2.05. The molecule has 1 amide bonds. The van der Waals surface area contributed by atoms with E-state index in [1.54, 1.807) is 24.5 Å². The van der Waals surface area contributed by atoms with Gasteiger partial charge in [0, 0.05) is 4.90 Å². The zero-order chi connectivity index (χ0) is 11.4. The topological polar surface area (TPSA) is 42.2 Å². The van der Waals surface area contributed by atoms with Gasteiger partial charge in [0.2, 0.25) is 0 Å². The van der Waals surface area contributed by atoms with Gasteiger partial charge in [0.1, 0.15) is 5.76 Å². The number of hydrogen-bond acceptors (Lipinski definition) is 3. The molecular formula is C12H11NO2S. The molecule has 1 aromatic heterocycles. The summed E-state index contributed by atoms with van der Waals surface area (Å²) >= 11 is 4.22. The molecule has 0 spiro atoms. The Kier molecular flexibility index (Phi) is 3.31. The van der Waals surface area contributed by atoms with Crippen molar-refractivity contribution in [1.82, 2.24) is 5.32 Å². The molecule has 0 aliphatic rings. The molecular weight excluding hydrogens is 222 g/mol. The van der Waals surface area contributed by atoms with Gasteiger partial charge >= 0.3 is 0 Å². The molecule has 0 saturated heterocycles. The Balaban J connectivity index is 2.01. The summed E-state index contributed by atoms with van der Waals surface area (Å²) in [5.41, 5.74) is 0.567. The third-order valence-corrected chi connectivity index (χ3v) is 2.54. The quantitative estimate of drug-likeness (QED) is 0.800.